The highest BCUT2D eigenvalue weighted by Crippen LogP contribution is 2.39. The molecule has 0 bridgehead atoms. The molecular formula is C77H114N4O17SSi. The zero-order valence-electron chi connectivity index (χ0n) is 61.9. The molecule has 0 radical (unpaired) electrons. The molecule has 21 nitrogen and oxygen atoms in total. The van der Waals surface area contributed by atoms with Crippen molar-refractivity contribution < 1.29 is 82.0 Å². The summed E-state index contributed by atoms with van der Waals surface area (Å²) < 4.78 is 66.2. The number of nitrogens with zero attached hydrogens (tertiary/aromatic N) is 4. The number of sulfone groups is 1. The van der Waals surface area contributed by atoms with E-state index in [1.807, 2.05) is 70.2 Å². The summed E-state index contributed by atoms with van der Waals surface area (Å²) in [6.07, 6.45) is 14.9. The molecule has 0 spiro atoms. The predicted octanol–water partition coefficient (Wildman–Crippen LogP) is 12.8. The lowest BCUT2D eigenvalue weighted by atomic mass is 9.88. The van der Waals surface area contributed by atoms with E-state index >= 15 is 0 Å². The van der Waals surface area contributed by atoms with Gasteiger partial charge in [0.05, 0.1) is 49.7 Å². The molecule has 100 heavy (non-hydrogen) atoms. The van der Waals surface area contributed by atoms with Gasteiger partial charge in [-0.1, -0.05) is 151 Å². The number of aliphatic hydroxyl groups is 3. The summed E-state index contributed by atoms with van der Waals surface area (Å²) in [4.78, 5) is 60.0. The van der Waals surface area contributed by atoms with Gasteiger partial charge in [0.15, 0.2) is 8.32 Å². The van der Waals surface area contributed by atoms with Crippen LogP contribution in [0.15, 0.2) is 144 Å². The second-order valence-electron chi connectivity index (χ2n) is 28.7. The van der Waals surface area contributed by atoms with Crippen LogP contribution < -0.4 is 0 Å². The monoisotopic (exact) mass is 1430 g/mol. The Kier molecular flexibility index (Phi) is 34.6. The van der Waals surface area contributed by atoms with E-state index < -0.39 is 89.9 Å². The molecule has 3 N–H and O–H groups in total. The smallest absolute Gasteiger partial charge is 0.309 e. The van der Waals surface area contributed by atoms with E-state index in [1.54, 1.807) is 71.4 Å². The molecule has 554 valence electrons. The fourth-order valence-corrected chi connectivity index (χ4v) is 14.1. The van der Waals surface area contributed by atoms with Crippen LogP contribution in [0.2, 0.25) is 18.1 Å². The minimum atomic E-state index is -3.60. The van der Waals surface area contributed by atoms with Crippen LogP contribution in [0.4, 0.5) is 0 Å². The number of ether oxygens (including phenoxy) is 6. The standard InChI is InChI=1S/C32H46O7.C25H42O7Si.C20H24N4O3S.H2/c1-22(10-12-26-13-15-27(16-14-26)21-37-6)8-7-9-23(2)31-24(3)11-17-29(38-25(4)33)32(5,36)19-18-28(34)20-30(35)39-31;1-17-10-11-21(30-19(3)27)25(7,29)14-12-20(32-33(8,9)24(4,5)6)16-22(28)31-23(17)18(2)13-15-26;1-16(8-9-17-10-12-18(13-11-17)14-27-2)15-28(25,26)20-21-22-23-24(20)19-6-4-3-5-7-19;/h7-9,11,13-17,22,24,28-29,31,34,36H,10,12,18-21H2,1-6H3;10-11,13,15,17,20-21,23,29H,12,14,16H2,1-9H3;3-7,10-13,16H,8-9,14-15H2,1-2H3;1H/b8-7+,17-11+,23-9+;11-10+,18-13+;;/t22?,24-,28+,29-,31+,32+;17-,20+,21-,23-,25+;;/m00../s1/i;;;1+1. The number of aldehydes is 1. The number of aliphatic hydroxyl groups excluding tert-OH is 1. The molecule has 0 fully saturated rings. The maximum absolute atomic E-state index is 12.9. The van der Waals surface area contributed by atoms with Gasteiger partial charge in [-0.15, -0.1) is 0 Å². The van der Waals surface area contributed by atoms with E-state index in [0.717, 1.165) is 42.4 Å². The van der Waals surface area contributed by atoms with Gasteiger partial charge < -0.3 is 48.2 Å². The highest BCUT2D eigenvalue weighted by molar-refractivity contribution is 7.91. The Morgan fingerprint density at radius 3 is 1.67 bits per heavy atom. The van der Waals surface area contributed by atoms with Crippen molar-refractivity contribution >= 4 is 48.3 Å². The second kappa shape index (κ2) is 40.5. The number of hydrogen-bond donors (Lipinski definition) is 3. The summed E-state index contributed by atoms with van der Waals surface area (Å²) in [5.41, 5.74) is 4.07. The number of carbonyl (C=O) groups excluding carboxylic acids is 5. The predicted molar refractivity (Wildman–Crippen MR) is 390 cm³/mol. The zero-order chi connectivity index (χ0) is 74.6. The molecule has 0 saturated carbocycles. The Morgan fingerprint density at radius 1 is 0.720 bits per heavy atom. The molecule has 1 aromatic heterocycles. The Hall–Kier alpha value is -7.09. The highest BCUT2D eigenvalue weighted by atomic mass is 32.2. The normalized spacial score (nSPS) is 25.2. The van der Waals surface area contributed by atoms with Crippen molar-refractivity contribution in [2.45, 2.75) is 239 Å². The Labute approximate surface area is 596 Å². The maximum atomic E-state index is 12.9. The molecule has 0 aliphatic carbocycles. The van der Waals surface area contributed by atoms with Crippen LogP contribution in [-0.2, 0) is 92.7 Å². The van der Waals surface area contributed by atoms with Crippen molar-refractivity contribution in [3.05, 3.63) is 161 Å². The van der Waals surface area contributed by atoms with Gasteiger partial charge in [0.1, 0.15) is 41.9 Å². The minimum Gasteiger partial charge on any atom is -0.457 e. The molecule has 23 heteroatoms. The van der Waals surface area contributed by atoms with E-state index in [0.29, 0.717) is 43.1 Å². The largest absolute Gasteiger partial charge is 0.457 e. The van der Waals surface area contributed by atoms with Crippen molar-refractivity contribution in [2.75, 3.05) is 20.0 Å². The van der Waals surface area contributed by atoms with Crippen LogP contribution in [0.5, 0.6) is 0 Å². The number of cyclic esters (lactones) is 2. The number of aromatic nitrogens is 4. The van der Waals surface area contributed by atoms with Crippen LogP contribution in [0.3, 0.4) is 0 Å². The first kappa shape index (κ1) is 85.3. The molecule has 2 aliphatic rings. The number of carbonyl (C=O) groups is 5. The first-order chi connectivity index (χ1) is 46.9. The van der Waals surface area contributed by atoms with Gasteiger partial charge in [-0.05, 0) is 183 Å². The third kappa shape index (κ3) is 29.1. The van der Waals surface area contributed by atoms with Gasteiger partial charge in [-0.25, -0.2) is 8.42 Å². The van der Waals surface area contributed by atoms with Gasteiger partial charge >= 0.3 is 23.9 Å². The number of hydrogen-bond acceptors (Lipinski definition) is 20. The fourth-order valence-electron chi connectivity index (χ4n) is 11.1. The summed E-state index contributed by atoms with van der Waals surface area (Å²) in [7, 11) is -2.45. The number of methoxy groups -OCH3 is 2. The van der Waals surface area contributed by atoms with E-state index in [9.17, 15) is 47.7 Å². The van der Waals surface area contributed by atoms with Crippen molar-refractivity contribution in [1.29, 1.82) is 0 Å². The molecule has 2 unspecified atom stereocenters. The van der Waals surface area contributed by atoms with Gasteiger partial charge in [0.25, 0.3) is 5.16 Å². The SMILES string of the molecule is CC(=O)O[C@H]1/C=C/[C@H](C)[C@@H](/C(C)=C/C=O)OC(=O)C[C@H](O[Si](C)(C)C(C)(C)C)CC[C@@]1(C)O.COCc1ccc(CCC(C)/C=C/C=C(\C)[C@H]2OC(=O)C[C@H](O)CC[C@@](C)(O)[C@@H](OC(C)=O)/C=C/[C@@H]2C)cc1.COCc1ccc(CCC(C)CS(=O)(=O)c2nnnn2-c2ccccc2)cc1.[2HH]. The van der Waals surface area contributed by atoms with Crippen molar-refractivity contribution in [2.24, 2.45) is 23.7 Å². The van der Waals surface area contributed by atoms with Crippen LogP contribution in [0.1, 0.15) is 165 Å². The number of para-hydroxylation sites is 1. The third-order valence-corrected chi connectivity index (χ3v) is 24.6. The molecule has 0 saturated heterocycles. The van der Waals surface area contributed by atoms with E-state index in [2.05, 4.69) is 98.8 Å². The lowest BCUT2D eigenvalue weighted by Crippen LogP contribution is -2.46. The molecule has 0 amide bonds. The molecular weight excluding hydrogens is 1310 g/mol. The van der Waals surface area contributed by atoms with Gasteiger partial charge in [-0.3, -0.25) is 24.0 Å². The number of rotatable bonds is 23. The maximum Gasteiger partial charge on any atom is 0.309 e. The number of allylic oxidation sites excluding steroid dienone is 4. The van der Waals surface area contributed by atoms with Gasteiger partial charge in [0, 0.05) is 41.3 Å². The lowest BCUT2D eigenvalue weighted by molar-refractivity contribution is -0.158. The first-order valence-corrected chi connectivity index (χ1v) is 39.0. The van der Waals surface area contributed by atoms with Gasteiger partial charge in [0.2, 0.25) is 9.84 Å². The van der Waals surface area contributed by atoms with Crippen LogP contribution in [0.25, 0.3) is 5.69 Å². The Balaban J connectivity index is 0.000000397. The first-order valence-electron chi connectivity index (χ1n) is 34.5. The van der Waals surface area contributed by atoms with Crippen LogP contribution in [0, 0.1) is 23.7 Å². The number of tetrazole rings is 1. The summed E-state index contributed by atoms with van der Waals surface area (Å²) in [6.45, 7) is 29.0. The fraction of sp³-hybridized carbons (Fsp3) is 0.558. The van der Waals surface area contributed by atoms with Crippen LogP contribution >= 0.6 is 0 Å². The summed E-state index contributed by atoms with van der Waals surface area (Å²) >= 11 is 0. The van der Waals surface area contributed by atoms with E-state index in [4.69, 9.17) is 32.8 Å². The molecule has 3 heterocycles. The van der Waals surface area contributed by atoms with Crippen LogP contribution in [-0.4, -0.2) is 150 Å². The second-order valence-corrected chi connectivity index (χ2v) is 35.4. The average Bonchev–Trinajstić information content (AvgIpc) is 1.73. The number of aryl methyl sites for hydroxylation is 2. The van der Waals surface area contributed by atoms with E-state index in [-0.39, 0.29) is 67.2 Å². The topological polar surface area (TPSA) is 288 Å². The summed E-state index contributed by atoms with van der Waals surface area (Å²) in [6, 6.07) is 25.7. The molecule has 2 aliphatic heterocycles. The van der Waals surface area contributed by atoms with Crippen molar-refractivity contribution in [3.63, 3.8) is 0 Å². The quantitative estimate of drug-likeness (QED) is 0.0118. The number of benzene rings is 3. The minimum absolute atomic E-state index is 0. The lowest BCUT2D eigenvalue weighted by Gasteiger charge is -2.40. The Morgan fingerprint density at radius 2 is 1.19 bits per heavy atom. The molecule has 3 aromatic carbocycles. The zero-order valence-corrected chi connectivity index (χ0v) is 63.7. The van der Waals surface area contributed by atoms with Gasteiger partial charge in [-0.2, -0.15) is 4.68 Å². The molecule has 12 atom stereocenters. The molecule has 6 rings (SSSR count). The van der Waals surface area contributed by atoms with E-state index in [1.165, 1.54) is 35.7 Å². The summed E-state index contributed by atoms with van der Waals surface area (Å²) in [5, 5.41) is 43.5. The number of esters is 4. The average molecular weight is 1430 g/mol. The molecule has 4 aromatic rings. The van der Waals surface area contributed by atoms with Crippen molar-refractivity contribution in [3.8, 4) is 5.69 Å². The Bertz CT molecular complexity index is 3490. The van der Waals surface area contributed by atoms with Crippen molar-refractivity contribution in [1.82, 2.24) is 20.2 Å². The third-order valence-electron chi connectivity index (χ3n) is 18.2. The highest BCUT2D eigenvalue weighted by Gasteiger charge is 2.42. The summed E-state index contributed by atoms with van der Waals surface area (Å²) in [5.74, 6) is -2.17.